The fourth-order valence-electron chi connectivity index (χ4n) is 1.94. The van der Waals surface area contributed by atoms with Crippen LogP contribution in [0.4, 0.5) is 13.2 Å². The molecule has 114 valence electrons. The van der Waals surface area contributed by atoms with Gasteiger partial charge in [-0.05, 0) is 36.9 Å². The molecule has 0 saturated carbocycles. The fourth-order valence-corrected chi connectivity index (χ4v) is 3.19. The van der Waals surface area contributed by atoms with Gasteiger partial charge in [-0.25, -0.2) is 0 Å². The molecule has 6 heteroatoms. The van der Waals surface area contributed by atoms with Gasteiger partial charge in [0.15, 0.2) is 0 Å². The van der Waals surface area contributed by atoms with E-state index in [2.05, 4.69) is 28.2 Å². The molecule has 1 nitrogen and oxygen atoms in total. The summed E-state index contributed by atoms with van der Waals surface area (Å²) >= 11 is 3.54. The number of hydrogen-bond acceptors (Lipinski definition) is 2. The van der Waals surface area contributed by atoms with Crippen LogP contribution in [0.25, 0.3) is 0 Å². The average molecular weight is 370 g/mol. The number of alkyl halides is 3. The van der Waals surface area contributed by atoms with Gasteiger partial charge in [-0.2, -0.15) is 13.2 Å². The second kappa shape index (κ2) is 8.95. The van der Waals surface area contributed by atoms with Gasteiger partial charge in [0.25, 0.3) is 0 Å². The molecule has 1 rings (SSSR count). The highest BCUT2D eigenvalue weighted by Crippen LogP contribution is 2.34. The Morgan fingerprint density at radius 2 is 2.00 bits per heavy atom. The summed E-state index contributed by atoms with van der Waals surface area (Å²) in [5, 5.41) is 3.30. The molecule has 20 heavy (non-hydrogen) atoms. The zero-order valence-electron chi connectivity index (χ0n) is 11.3. The molecule has 0 bridgehead atoms. The Morgan fingerprint density at radius 3 is 2.60 bits per heavy atom. The highest BCUT2D eigenvalue weighted by atomic mass is 79.9. The fraction of sp³-hybridized carbons (Fsp3) is 0.571. The van der Waals surface area contributed by atoms with Gasteiger partial charge >= 0.3 is 5.51 Å². The summed E-state index contributed by atoms with van der Waals surface area (Å²) in [7, 11) is 0. The summed E-state index contributed by atoms with van der Waals surface area (Å²) in [6, 6.07) is 7.73. The second-order valence-electron chi connectivity index (χ2n) is 4.51. The van der Waals surface area contributed by atoms with Crippen molar-refractivity contribution in [2.75, 3.05) is 18.8 Å². The van der Waals surface area contributed by atoms with Crippen LogP contribution >= 0.6 is 27.7 Å². The molecule has 1 unspecified atom stereocenters. The summed E-state index contributed by atoms with van der Waals surface area (Å²) in [6.45, 7) is 3.65. The van der Waals surface area contributed by atoms with Gasteiger partial charge in [-0.3, -0.25) is 0 Å². The van der Waals surface area contributed by atoms with Crippen LogP contribution in [-0.4, -0.2) is 24.4 Å². The van der Waals surface area contributed by atoms with E-state index >= 15 is 0 Å². The molecule has 0 aliphatic rings. The Kier molecular flexibility index (Phi) is 7.99. The number of rotatable bonds is 8. The van der Waals surface area contributed by atoms with E-state index in [1.165, 1.54) is 0 Å². The van der Waals surface area contributed by atoms with Gasteiger partial charge in [0.1, 0.15) is 0 Å². The molecule has 1 N–H and O–H groups in total. The van der Waals surface area contributed by atoms with Crippen LogP contribution in [0.5, 0.6) is 0 Å². The lowest BCUT2D eigenvalue weighted by atomic mass is 9.96. The molecular weight excluding hydrogens is 351 g/mol. The summed E-state index contributed by atoms with van der Waals surface area (Å²) in [5.41, 5.74) is -3.08. The zero-order valence-corrected chi connectivity index (χ0v) is 13.7. The SMILES string of the molecule is CCCNCC(CCSC(F)(F)F)c1ccccc1Br. The van der Waals surface area contributed by atoms with E-state index in [1.54, 1.807) is 0 Å². The van der Waals surface area contributed by atoms with Crippen molar-refractivity contribution in [3.05, 3.63) is 34.3 Å². The van der Waals surface area contributed by atoms with Crippen LogP contribution < -0.4 is 5.32 Å². The molecule has 0 radical (unpaired) electrons. The maximum atomic E-state index is 12.2. The minimum atomic E-state index is -4.14. The van der Waals surface area contributed by atoms with Gasteiger partial charge in [-0.1, -0.05) is 52.8 Å². The lowest BCUT2D eigenvalue weighted by molar-refractivity contribution is -0.0328. The van der Waals surface area contributed by atoms with E-state index in [-0.39, 0.29) is 23.4 Å². The Morgan fingerprint density at radius 1 is 1.30 bits per heavy atom. The van der Waals surface area contributed by atoms with Gasteiger partial charge < -0.3 is 5.32 Å². The van der Waals surface area contributed by atoms with Crippen molar-refractivity contribution in [1.29, 1.82) is 0 Å². The lowest BCUT2D eigenvalue weighted by Crippen LogP contribution is -2.23. The van der Waals surface area contributed by atoms with E-state index in [0.717, 1.165) is 23.0 Å². The van der Waals surface area contributed by atoms with E-state index in [1.807, 2.05) is 24.3 Å². The first-order valence-corrected chi connectivity index (χ1v) is 8.37. The van der Waals surface area contributed by atoms with Crippen LogP contribution in [0.15, 0.2) is 28.7 Å². The Balaban J connectivity index is 2.63. The molecule has 0 spiro atoms. The second-order valence-corrected chi connectivity index (χ2v) is 6.52. The molecule has 1 aromatic rings. The predicted molar refractivity (Wildman–Crippen MR) is 83.2 cm³/mol. The summed E-state index contributed by atoms with van der Waals surface area (Å²) in [4.78, 5) is 0. The number of thioether (sulfide) groups is 1. The third-order valence-corrected chi connectivity index (χ3v) is 4.38. The molecule has 0 aliphatic heterocycles. The highest BCUT2D eigenvalue weighted by molar-refractivity contribution is 9.10. The maximum absolute atomic E-state index is 12.2. The molecule has 0 saturated heterocycles. The van der Waals surface area contributed by atoms with Gasteiger partial charge in [0.2, 0.25) is 0 Å². The third kappa shape index (κ3) is 6.99. The van der Waals surface area contributed by atoms with Gasteiger partial charge in [0.05, 0.1) is 0 Å². The summed E-state index contributed by atoms with van der Waals surface area (Å²) < 4.78 is 37.7. The molecule has 0 aromatic heterocycles. The summed E-state index contributed by atoms with van der Waals surface area (Å²) in [5.74, 6) is 0.176. The quantitative estimate of drug-likeness (QED) is 0.633. The van der Waals surface area contributed by atoms with Crippen LogP contribution in [0.2, 0.25) is 0 Å². The number of benzene rings is 1. The third-order valence-electron chi connectivity index (χ3n) is 2.89. The van der Waals surface area contributed by atoms with Crippen molar-refractivity contribution < 1.29 is 13.2 Å². The Bertz CT molecular complexity index is 398. The molecule has 0 fully saturated rings. The number of hydrogen-bond donors (Lipinski definition) is 1. The summed E-state index contributed by atoms with van der Waals surface area (Å²) in [6.07, 6.45) is 1.52. The van der Waals surface area contributed by atoms with E-state index in [4.69, 9.17) is 0 Å². The Labute approximate surface area is 130 Å². The molecule has 0 heterocycles. The first-order chi connectivity index (χ1) is 9.44. The van der Waals surface area contributed by atoms with Crippen molar-refractivity contribution >= 4 is 27.7 Å². The van der Waals surface area contributed by atoms with Crippen molar-refractivity contribution in [3.63, 3.8) is 0 Å². The normalized spacial score (nSPS) is 13.4. The standard InChI is InChI=1S/C14H19BrF3NS/c1-2-8-19-10-11(7-9-20-14(16,17)18)12-5-3-4-6-13(12)15/h3-6,11,19H,2,7-10H2,1H3. The smallest absolute Gasteiger partial charge is 0.316 e. The van der Waals surface area contributed by atoms with Crippen LogP contribution in [0.1, 0.15) is 31.2 Å². The molecule has 0 amide bonds. The highest BCUT2D eigenvalue weighted by Gasteiger charge is 2.28. The molecule has 1 atom stereocenters. The number of halogens is 4. The zero-order chi connectivity index (χ0) is 15.0. The van der Waals surface area contributed by atoms with E-state index in [9.17, 15) is 13.2 Å². The lowest BCUT2D eigenvalue weighted by Gasteiger charge is -2.19. The minimum Gasteiger partial charge on any atom is -0.316 e. The first-order valence-electron chi connectivity index (χ1n) is 6.60. The van der Waals surface area contributed by atoms with Crippen molar-refractivity contribution in [1.82, 2.24) is 5.32 Å². The minimum absolute atomic E-state index is 0.0586. The first kappa shape index (κ1) is 17.9. The monoisotopic (exact) mass is 369 g/mol. The topological polar surface area (TPSA) is 12.0 Å². The maximum Gasteiger partial charge on any atom is 0.441 e. The average Bonchev–Trinajstić information content (AvgIpc) is 2.37. The van der Waals surface area contributed by atoms with Crippen molar-refractivity contribution in [2.45, 2.75) is 31.2 Å². The van der Waals surface area contributed by atoms with Gasteiger partial charge in [-0.15, -0.1) is 0 Å². The van der Waals surface area contributed by atoms with Crippen LogP contribution in [0, 0.1) is 0 Å². The van der Waals surface area contributed by atoms with E-state index < -0.39 is 5.51 Å². The van der Waals surface area contributed by atoms with Gasteiger partial charge in [0, 0.05) is 16.8 Å². The molecule has 0 aliphatic carbocycles. The van der Waals surface area contributed by atoms with Crippen LogP contribution in [0.3, 0.4) is 0 Å². The van der Waals surface area contributed by atoms with Crippen molar-refractivity contribution in [2.24, 2.45) is 0 Å². The largest absolute Gasteiger partial charge is 0.441 e. The predicted octanol–water partition coefficient (Wildman–Crippen LogP) is 5.18. The molecular formula is C14H19BrF3NS. The Hall–Kier alpha value is -0.200. The molecule has 1 aromatic carbocycles. The van der Waals surface area contributed by atoms with Crippen molar-refractivity contribution in [3.8, 4) is 0 Å². The van der Waals surface area contributed by atoms with Crippen LogP contribution in [-0.2, 0) is 0 Å². The van der Waals surface area contributed by atoms with E-state index in [0.29, 0.717) is 13.0 Å². The number of nitrogens with one attached hydrogen (secondary N) is 1.